The van der Waals surface area contributed by atoms with Crippen LogP contribution in [-0.4, -0.2) is 35.8 Å². The first-order chi connectivity index (χ1) is 6.34. The molecule has 0 amide bonds. The zero-order chi connectivity index (χ0) is 9.10. The summed E-state index contributed by atoms with van der Waals surface area (Å²) < 4.78 is 5.36. The average Bonchev–Trinajstić information content (AvgIpc) is 2.53. The number of aromatic nitrogens is 2. The van der Waals surface area contributed by atoms with Crippen molar-refractivity contribution < 1.29 is 4.74 Å². The molecule has 0 saturated carbocycles. The second-order valence-electron chi connectivity index (χ2n) is 3.44. The van der Waals surface area contributed by atoms with Crippen LogP contribution in [-0.2, 0) is 11.2 Å². The third-order valence-electron chi connectivity index (χ3n) is 2.19. The number of nitrogens with one attached hydrogen (secondary N) is 2. The summed E-state index contributed by atoms with van der Waals surface area (Å²) >= 11 is 0. The average molecular weight is 181 g/mol. The van der Waals surface area contributed by atoms with E-state index in [9.17, 15) is 0 Å². The van der Waals surface area contributed by atoms with Gasteiger partial charge in [0.25, 0.3) is 0 Å². The summed E-state index contributed by atoms with van der Waals surface area (Å²) in [6.45, 7) is 4.58. The summed E-state index contributed by atoms with van der Waals surface area (Å²) in [5.41, 5.74) is 1.12. The van der Waals surface area contributed by atoms with E-state index in [0.717, 1.165) is 37.7 Å². The van der Waals surface area contributed by atoms with E-state index in [2.05, 4.69) is 15.3 Å². The van der Waals surface area contributed by atoms with Crippen molar-refractivity contribution >= 4 is 0 Å². The molecule has 1 aromatic rings. The number of morpholine rings is 1. The van der Waals surface area contributed by atoms with Crippen molar-refractivity contribution in [3.63, 3.8) is 0 Å². The zero-order valence-corrected chi connectivity index (χ0v) is 7.84. The predicted molar refractivity (Wildman–Crippen MR) is 49.6 cm³/mol. The highest BCUT2D eigenvalue weighted by Gasteiger charge is 2.14. The maximum atomic E-state index is 5.36. The van der Waals surface area contributed by atoms with Gasteiger partial charge in [0.15, 0.2) is 0 Å². The zero-order valence-electron chi connectivity index (χ0n) is 7.84. The van der Waals surface area contributed by atoms with E-state index in [1.54, 1.807) is 0 Å². The molecule has 0 radical (unpaired) electrons. The number of nitrogens with zero attached hydrogens (tertiary/aromatic N) is 1. The first kappa shape index (κ1) is 8.72. The van der Waals surface area contributed by atoms with E-state index in [0.29, 0.717) is 6.04 Å². The van der Waals surface area contributed by atoms with Crippen LogP contribution in [0.5, 0.6) is 0 Å². The van der Waals surface area contributed by atoms with E-state index >= 15 is 0 Å². The van der Waals surface area contributed by atoms with Gasteiger partial charge in [0.1, 0.15) is 5.82 Å². The van der Waals surface area contributed by atoms with Crippen LogP contribution < -0.4 is 5.32 Å². The Morgan fingerprint density at radius 2 is 2.62 bits per heavy atom. The lowest BCUT2D eigenvalue weighted by Crippen LogP contribution is -2.42. The summed E-state index contributed by atoms with van der Waals surface area (Å²) in [6.07, 6.45) is 2.78. The second kappa shape index (κ2) is 3.89. The molecule has 0 bridgehead atoms. The number of hydrogen-bond acceptors (Lipinski definition) is 3. The topological polar surface area (TPSA) is 49.9 Å². The first-order valence-corrected chi connectivity index (χ1v) is 4.66. The summed E-state index contributed by atoms with van der Waals surface area (Å²) in [7, 11) is 0. The number of ether oxygens (including phenoxy) is 1. The van der Waals surface area contributed by atoms with Crippen LogP contribution >= 0.6 is 0 Å². The second-order valence-corrected chi connectivity index (χ2v) is 3.44. The van der Waals surface area contributed by atoms with Crippen molar-refractivity contribution in [2.45, 2.75) is 19.4 Å². The van der Waals surface area contributed by atoms with Crippen molar-refractivity contribution in [3.8, 4) is 0 Å². The van der Waals surface area contributed by atoms with Crippen molar-refractivity contribution in [1.29, 1.82) is 0 Å². The van der Waals surface area contributed by atoms with Gasteiger partial charge in [-0.1, -0.05) is 0 Å². The normalized spacial score (nSPS) is 23.3. The fraction of sp³-hybridized carbons (Fsp3) is 0.667. The van der Waals surface area contributed by atoms with Gasteiger partial charge in [-0.15, -0.1) is 0 Å². The van der Waals surface area contributed by atoms with Crippen LogP contribution in [0.15, 0.2) is 6.20 Å². The minimum atomic E-state index is 0.416. The third kappa shape index (κ3) is 2.29. The Kier molecular flexibility index (Phi) is 2.61. The van der Waals surface area contributed by atoms with Gasteiger partial charge in [-0.3, -0.25) is 0 Å². The largest absolute Gasteiger partial charge is 0.379 e. The fourth-order valence-corrected chi connectivity index (χ4v) is 1.55. The molecule has 1 saturated heterocycles. The Labute approximate surface area is 77.7 Å². The SMILES string of the molecule is Cc1cnc(CC2COCCN2)[nH]1. The Morgan fingerprint density at radius 3 is 3.23 bits per heavy atom. The number of rotatable bonds is 2. The van der Waals surface area contributed by atoms with Gasteiger partial charge in [0.05, 0.1) is 13.2 Å². The Balaban J connectivity index is 1.89. The van der Waals surface area contributed by atoms with E-state index in [1.807, 2.05) is 13.1 Å². The maximum absolute atomic E-state index is 5.36. The van der Waals surface area contributed by atoms with E-state index in [-0.39, 0.29) is 0 Å². The Bertz CT molecular complexity index is 266. The molecule has 1 aromatic heterocycles. The molecule has 2 rings (SSSR count). The van der Waals surface area contributed by atoms with Crippen molar-refractivity contribution in [3.05, 3.63) is 17.7 Å². The number of aromatic amines is 1. The first-order valence-electron chi connectivity index (χ1n) is 4.66. The van der Waals surface area contributed by atoms with Gasteiger partial charge in [0, 0.05) is 30.9 Å². The monoisotopic (exact) mass is 181 g/mol. The van der Waals surface area contributed by atoms with Crippen molar-refractivity contribution in [1.82, 2.24) is 15.3 Å². The highest BCUT2D eigenvalue weighted by atomic mass is 16.5. The minimum absolute atomic E-state index is 0.416. The van der Waals surface area contributed by atoms with Gasteiger partial charge >= 0.3 is 0 Å². The number of hydrogen-bond donors (Lipinski definition) is 2. The molecule has 2 heterocycles. The molecular weight excluding hydrogens is 166 g/mol. The fourth-order valence-electron chi connectivity index (χ4n) is 1.55. The van der Waals surface area contributed by atoms with Crippen molar-refractivity contribution in [2.24, 2.45) is 0 Å². The number of aryl methyl sites for hydroxylation is 1. The molecule has 1 atom stereocenters. The van der Waals surface area contributed by atoms with Crippen LogP contribution in [0.4, 0.5) is 0 Å². The van der Waals surface area contributed by atoms with E-state index in [1.165, 1.54) is 0 Å². The molecule has 0 spiro atoms. The highest BCUT2D eigenvalue weighted by Crippen LogP contribution is 2.02. The molecule has 1 aliphatic rings. The Hall–Kier alpha value is -0.870. The quantitative estimate of drug-likeness (QED) is 0.687. The third-order valence-corrected chi connectivity index (χ3v) is 2.19. The van der Waals surface area contributed by atoms with Crippen molar-refractivity contribution in [2.75, 3.05) is 19.8 Å². The molecule has 72 valence electrons. The molecule has 1 fully saturated rings. The van der Waals surface area contributed by atoms with Gasteiger partial charge in [-0.05, 0) is 6.92 Å². The highest BCUT2D eigenvalue weighted by molar-refractivity contribution is 5.00. The van der Waals surface area contributed by atoms with E-state index in [4.69, 9.17) is 4.74 Å². The molecular formula is C9H15N3O. The lowest BCUT2D eigenvalue weighted by atomic mass is 10.2. The number of H-pyrrole nitrogens is 1. The van der Waals surface area contributed by atoms with Gasteiger partial charge in [-0.2, -0.15) is 0 Å². The smallest absolute Gasteiger partial charge is 0.107 e. The molecule has 1 unspecified atom stereocenters. The molecule has 2 N–H and O–H groups in total. The molecule has 1 aliphatic heterocycles. The van der Waals surface area contributed by atoms with E-state index < -0.39 is 0 Å². The molecule has 0 aromatic carbocycles. The van der Waals surface area contributed by atoms with Crippen LogP contribution in [0.2, 0.25) is 0 Å². The lowest BCUT2D eigenvalue weighted by molar-refractivity contribution is 0.0764. The van der Waals surface area contributed by atoms with Crippen LogP contribution in [0.25, 0.3) is 0 Å². The molecule has 13 heavy (non-hydrogen) atoms. The summed E-state index contributed by atoms with van der Waals surface area (Å²) in [4.78, 5) is 7.48. The van der Waals surface area contributed by atoms with Gasteiger partial charge in [-0.25, -0.2) is 4.98 Å². The molecule has 4 nitrogen and oxygen atoms in total. The summed E-state index contributed by atoms with van der Waals surface area (Å²) in [6, 6.07) is 0.416. The standard InChI is InChI=1S/C9H15N3O/c1-7-5-11-9(12-7)4-8-6-13-3-2-10-8/h5,8,10H,2-4,6H2,1H3,(H,11,12). The van der Waals surface area contributed by atoms with Crippen LogP contribution in [0, 0.1) is 6.92 Å². The number of imidazole rings is 1. The molecule has 0 aliphatic carbocycles. The molecule has 4 heteroatoms. The van der Waals surface area contributed by atoms with Gasteiger partial charge < -0.3 is 15.0 Å². The Morgan fingerprint density at radius 1 is 1.69 bits per heavy atom. The van der Waals surface area contributed by atoms with Gasteiger partial charge in [0.2, 0.25) is 0 Å². The van der Waals surface area contributed by atoms with Crippen LogP contribution in [0.3, 0.4) is 0 Å². The summed E-state index contributed by atoms with van der Waals surface area (Å²) in [5, 5.41) is 3.39. The van der Waals surface area contributed by atoms with Crippen LogP contribution in [0.1, 0.15) is 11.5 Å². The summed E-state index contributed by atoms with van der Waals surface area (Å²) in [5.74, 6) is 1.04. The predicted octanol–water partition coefficient (Wildman–Crippen LogP) is 0.249. The minimum Gasteiger partial charge on any atom is -0.379 e. The lowest BCUT2D eigenvalue weighted by Gasteiger charge is -2.22. The maximum Gasteiger partial charge on any atom is 0.107 e.